The summed E-state index contributed by atoms with van der Waals surface area (Å²) in [6.07, 6.45) is 1.74. The van der Waals surface area contributed by atoms with Crippen LogP contribution < -0.4 is 4.90 Å². The van der Waals surface area contributed by atoms with Crippen molar-refractivity contribution < 1.29 is 9.59 Å². The van der Waals surface area contributed by atoms with E-state index in [4.69, 9.17) is 0 Å². The number of aromatic amines is 1. The smallest absolute Gasteiger partial charge is 0.270 e. The Morgan fingerprint density at radius 3 is 2.23 bits per heavy atom. The standard InChI is InChI=1S/C24H32N4O2/c1-17-18(2)22(25-19(17)3)24(30)28-11-7-8-20(16-28)23(29)27-14-12-26(13-15-27)21-9-5-4-6-10-21/h4-6,9-10,20,25H,7-8,11-16H2,1-3H3. The van der Waals surface area contributed by atoms with Gasteiger partial charge in [0.1, 0.15) is 5.69 Å². The van der Waals surface area contributed by atoms with Gasteiger partial charge in [-0.05, 0) is 56.9 Å². The first kappa shape index (κ1) is 20.5. The summed E-state index contributed by atoms with van der Waals surface area (Å²) in [6, 6.07) is 10.4. The van der Waals surface area contributed by atoms with E-state index in [0.717, 1.165) is 62.4 Å². The van der Waals surface area contributed by atoms with Gasteiger partial charge in [0, 0.05) is 50.6 Å². The molecule has 0 saturated carbocycles. The van der Waals surface area contributed by atoms with E-state index in [-0.39, 0.29) is 17.7 Å². The van der Waals surface area contributed by atoms with Gasteiger partial charge in [0.05, 0.1) is 5.92 Å². The maximum atomic E-state index is 13.2. The van der Waals surface area contributed by atoms with E-state index in [1.54, 1.807) is 0 Å². The number of aromatic nitrogens is 1. The van der Waals surface area contributed by atoms with E-state index in [1.165, 1.54) is 5.69 Å². The number of nitrogens with one attached hydrogen (secondary N) is 1. The fourth-order valence-electron chi connectivity index (χ4n) is 4.66. The minimum absolute atomic E-state index is 0.0232. The third kappa shape index (κ3) is 3.95. The number of likely N-dealkylation sites (tertiary alicyclic amines) is 1. The highest BCUT2D eigenvalue weighted by Crippen LogP contribution is 2.24. The average Bonchev–Trinajstić information content (AvgIpc) is 3.06. The lowest BCUT2D eigenvalue weighted by Gasteiger charge is -2.39. The Labute approximate surface area is 178 Å². The fourth-order valence-corrected chi connectivity index (χ4v) is 4.66. The summed E-state index contributed by atoms with van der Waals surface area (Å²) in [5, 5.41) is 0. The maximum Gasteiger partial charge on any atom is 0.270 e. The zero-order valence-electron chi connectivity index (χ0n) is 18.3. The van der Waals surface area contributed by atoms with Crippen molar-refractivity contribution >= 4 is 17.5 Å². The summed E-state index contributed by atoms with van der Waals surface area (Å²) in [4.78, 5) is 35.7. The molecule has 2 amide bonds. The number of piperazine rings is 1. The number of para-hydroxylation sites is 1. The lowest BCUT2D eigenvalue weighted by atomic mass is 9.95. The molecule has 0 aliphatic carbocycles. The van der Waals surface area contributed by atoms with E-state index in [0.29, 0.717) is 12.2 Å². The van der Waals surface area contributed by atoms with Crippen molar-refractivity contribution in [3.63, 3.8) is 0 Å². The van der Waals surface area contributed by atoms with Crippen molar-refractivity contribution in [2.45, 2.75) is 33.6 Å². The number of piperidine rings is 1. The highest BCUT2D eigenvalue weighted by molar-refractivity contribution is 5.95. The second-order valence-electron chi connectivity index (χ2n) is 8.61. The van der Waals surface area contributed by atoms with Gasteiger partial charge in [-0.25, -0.2) is 0 Å². The Morgan fingerprint density at radius 2 is 1.60 bits per heavy atom. The molecule has 2 fully saturated rings. The predicted octanol–water partition coefficient (Wildman–Crippen LogP) is 3.14. The molecule has 2 aliphatic rings. The van der Waals surface area contributed by atoms with Crippen LogP contribution >= 0.6 is 0 Å². The number of rotatable bonds is 3. The molecule has 160 valence electrons. The molecule has 1 aromatic heterocycles. The van der Waals surface area contributed by atoms with Gasteiger partial charge in [0.15, 0.2) is 0 Å². The number of anilines is 1. The topological polar surface area (TPSA) is 59.7 Å². The SMILES string of the molecule is Cc1[nH]c(C(=O)N2CCCC(C(=O)N3CCN(c4ccccc4)CC3)C2)c(C)c1C. The molecule has 6 nitrogen and oxygen atoms in total. The van der Waals surface area contributed by atoms with Crippen molar-refractivity contribution in [1.29, 1.82) is 0 Å². The molecule has 0 radical (unpaired) electrons. The minimum atomic E-state index is -0.0940. The van der Waals surface area contributed by atoms with Crippen LogP contribution in [-0.4, -0.2) is 65.9 Å². The molecule has 6 heteroatoms. The summed E-state index contributed by atoms with van der Waals surface area (Å²) in [5.74, 6) is 0.134. The Bertz CT molecular complexity index is 913. The second kappa shape index (κ2) is 8.54. The number of hydrogen-bond acceptors (Lipinski definition) is 3. The molecule has 2 aliphatic heterocycles. The zero-order chi connectivity index (χ0) is 21.3. The van der Waals surface area contributed by atoms with Gasteiger partial charge in [-0.2, -0.15) is 0 Å². The van der Waals surface area contributed by atoms with Gasteiger partial charge in [-0.1, -0.05) is 18.2 Å². The first-order chi connectivity index (χ1) is 14.5. The normalized spacial score (nSPS) is 19.8. The van der Waals surface area contributed by atoms with Crippen molar-refractivity contribution in [3.05, 3.63) is 52.8 Å². The van der Waals surface area contributed by atoms with Crippen molar-refractivity contribution in [2.75, 3.05) is 44.2 Å². The number of carbonyl (C=O) groups is 2. The number of nitrogens with zero attached hydrogens (tertiary/aromatic N) is 3. The van der Waals surface area contributed by atoms with Crippen molar-refractivity contribution in [2.24, 2.45) is 5.92 Å². The molecule has 0 spiro atoms. The molecule has 1 atom stereocenters. The van der Waals surface area contributed by atoms with E-state index in [2.05, 4.69) is 34.1 Å². The van der Waals surface area contributed by atoms with Gasteiger partial charge in [0.25, 0.3) is 5.91 Å². The molecular weight excluding hydrogens is 376 g/mol. The summed E-state index contributed by atoms with van der Waals surface area (Å²) in [7, 11) is 0. The average molecular weight is 409 g/mol. The monoisotopic (exact) mass is 408 g/mol. The summed E-state index contributed by atoms with van der Waals surface area (Å²) >= 11 is 0. The van der Waals surface area contributed by atoms with Crippen LogP contribution in [0.4, 0.5) is 5.69 Å². The number of H-pyrrole nitrogens is 1. The lowest BCUT2D eigenvalue weighted by molar-refractivity contribution is -0.137. The van der Waals surface area contributed by atoms with E-state index in [1.807, 2.05) is 36.6 Å². The molecule has 1 N–H and O–H groups in total. The highest BCUT2D eigenvalue weighted by Gasteiger charge is 2.33. The van der Waals surface area contributed by atoms with Crippen LogP contribution in [0.25, 0.3) is 0 Å². The van der Waals surface area contributed by atoms with Gasteiger partial charge in [0.2, 0.25) is 5.91 Å². The van der Waals surface area contributed by atoms with Crippen molar-refractivity contribution in [3.8, 4) is 0 Å². The lowest BCUT2D eigenvalue weighted by Crippen LogP contribution is -2.53. The van der Waals surface area contributed by atoms with E-state index < -0.39 is 0 Å². The van der Waals surface area contributed by atoms with Crippen LogP contribution in [0.15, 0.2) is 30.3 Å². The Kier molecular flexibility index (Phi) is 5.84. The number of benzene rings is 1. The van der Waals surface area contributed by atoms with Gasteiger partial charge in [-0.3, -0.25) is 9.59 Å². The molecule has 30 heavy (non-hydrogen) atoms. The predicted molar refractivity (Wildman–Crippen MR) is 119 cm³/mol. The second-order valence-corrected chi connectivity index (χ2v) is 8.61. The zero-order valence-corrected chi connectivity index (χ0v) is 18.3. The van der Waals surface area contributed by atoms with Crippen LogP contribution in [0.5, 0.6) is 0 Å². The van der Waals surface area contributed by atoms with Gasteiger partial charge >= 0.3 is 0 Å². The van der Waals surface area contributed by atoms with E-state index >= 15 is 0 Å². The van der Waals surface area contributed by atoms with Crippen LogP contribution in [0, 0.1) is 26.7 Å². The maximum absolute atomic E-state index is 13.2. The van der Waals surface area contributed by atoms with Crippen LogP contribution in [-0.2, 0) is 4.79 Å². The van der Waals surface area contributed by atoms with Crippen molar-refractivity contribution in [1.82, 2.24) is 14.8 Å². The third-order valence-corrected chi connectivity index (χ3v) is 6.80. The number of carbonyl (C=O) groups excluding carboxylic acids is 2. The quantitative estimate of drug-likeness (QED) is 0.849. The molecule has 1 aromatic carbocycles. The molecule has 1 unspecified atom stereocenters. The first-order valence-electron chi connectivity index (χ1n) is 11.0. The molecule has 4 rings (SSSR count). The Hall–Kier alpha value is -2.76. The molecule has 0 bridgehead atoms. The van der Waals surface area contributed by atoms with E-state index in [9.17, 15) is 9.59 Å². The molecular formula is C24H32N4O2. The number of amides is 2. The third-order valence-electron chi connectivity index (χ3n) is 6.80. The number of hydrogen-bond donors (Lipinski definition) is 1. The van der Waals surface area contributed by atoms with Crippen LogP contribution in [0.3, 0.4) is 0 Å². The Balaban J connectivity index is 1.37. The summed E-state index contributed by atoms with van der Waals surface area (Å²) in [5.41, 5.74) is 5.08. The van der Waals surface area contributed by atoms with Gasteiger partial charge < -0.3 is 19.7 Å². The highest BCUT2D eigenvalue weighted by atomic mass is 16.2. The van der Waals surface area contributed by atoms with Crippen LogP contribution in [0.2, 0.25) is 0 Å². The fraction of sp³-hybridized carbons (Fsp3) is 0.500. The minimum Gasteiger partial charge on any atom is -0.368 e. The van der Waals surface area contributed by atoms with Gasteiger partial charge in [-0.15, -0.1) is 0 Å². The number of aryl methyl sites for hydroxylation is 1. The molecule has 3 heterocycles. The largest absolute Gasteiger partial charge is 0.368 e. The summed E-state index contributed by atoms with van der Waals surface area (Å²) < 4.78 is 0. The Morgan fingerprint density at radius 1 is 0.900 bits per heavy atom. The van der Waals surface area contributed by atoms with Crippen LogP contribution in [0.1, 0.15) is 40.2 Å². The summed E-state index contributed by atoms with van der Waals surface area (Å²) in [6.45, 7) is 10.5. The molecule has 2 aromatic rings. The molecule has 2 saturated heterocycles. The first-order valence-corrected chi connectivity index (χ1v) is 11.0.